The van der Waals surface area contributed by atoms with Crippen molar-refractivity contribution in [1.29, 1.82) is 0 Å². The first-order valence-corrected chi connectivity index (χ1v) is 3.31. The van der Waals surface area contributed by atoms with Crippen LogP contribution in [0.2, 0.25) is 0 Å². The van der Waals surface area contributed by atoms with Gasteiger partial charge in [-0.05, 0) is 18.2 Å². The summed E-state index contributed by atoms with van der Waals surface area (Å²) in [5.74, 6) is 0.777. The summed E-state index contributed by atoms with van der Waals surface area (Å²) in [6, 6.07) is 5.34. The van der Waals surface area contributed by atoms with E-state index in [4.69, 9.17) is 10.5 Å². The van der Waals surface area contributed by atoms with Crippen LogP contribution in [0.25, 0.3) is 0 Å². The zero-order chi connectivity index (χ0) is 7.56. The molecule has 0 aromatic heterocycles. The Morgan fingerprint density at radius 3 is 2.55 bits per heavy atom. The van der Waals surface area contributed by atoms with E-state index >= 15 is 0 Å². The molecule has 0 amide bonds. The van der Waals surface area contributed by atoms with Crippen molar-refractivity contribution in [1.82, 2.24) is 0 Å². The zero-order valence-electron chi connectivity index (χ0n) is 6.37. The minimum atomic E-state index is 0. The second-order valence-electron chi connectivity index (χ2n) is 1.92. The molecule has 0 fully saturated rings. The maximum absolute atomic E-state index is 5.51. The predicted octanol–water partition coefficient (Wildman–Crippen LogP) is 1.56. The molecule has 1 aromatic rings. The van der Waals surface area contributed by atoms with Crippen LogP contribution in [0, 0.1) is 0 Å². The van der Waals surface area contributed by atoms with Gasteiger partial charge in [-0.3, -0.25) is 0 Å². The van der Waals surface area contributed by atoms with Crippen LogP contribution in [0.4, 0.5) is 5.69 Å². The van der Waals surface area contributed by atoms with E-state index in [1.54, 1.807) is 25.3 Å². The molecule has 2 N–H and O–H groups in total. The molecule has 1 rings (SSSR count). The molecular weight excluding hydrogens is 212 g/mol. The van der Waals surface area contributed by atoms with Gasteiger partial charge in [-0.1, -0.05) is 0 Å². The predicted molar refractivity (Wildman–Crippen MR) is 44.7 cm³/mol. The van der Waals surface area contributed by atoms with Crippen molar-refractivity contribution in [3.05, 3.63) is 18.2 Å². The summed E-state index contributed by atoms with van der Waals surface area (Å²) in [6.45, 7) is 0. The van der Waals surface area contributed by atoms with Crippen molar-refractivity contribution in [3.8, 4) is 5.75 Å². The van der Waals surface area contributed by atoms with E-state index in [1.807, 2.05) is 0 Å². The number of benzene rings is 1. The standard InChI is InChI=1S/C7H9NOS.Zn/c1-9-5-2-3-6(8)7(10)4-5;/h2-4,10H,8H2,1H3;/q;+2. The molecule has 2 nitrogen and oxygen atoms in total. The van der Waals surface area contributed by atoms with Crippen LogP contribution in [-0.2, 0) is 19.5 Å². The molecule has 11 heavy (non-hydrogen) atoms. The Kier molecular flexibility index (Phi) is 4.54. The molecule has 0 spiro atoms. The Balaban J connectivity index is 0.000001000. The van der Waals surface area contributed by atoms with E-state index in [9.17, 15) is 0 Å². The number of ether oxygens (including phenoxy) is 1. The summed E-state index contributed by atoms with van der Waals surface area (Å²) < 4.78 is 4.95. The average molecular weight is 221 g/mol. The van der Waals surface area contributed by atoms with Gasteiger partial charge in [0.1, 0.15) is 5.75 Å². The molecule has 0 atom stereocenters. The fourth-order valence-electron chi connectivity index (χ4n) is 0.650. The van der Waals surface area contributed by atoms with Gasteiger partial charge < -0.3 is 10.5 Å². The molecule has 4 heteroatoms. The molecule has 1 aromatic carbocycles. The quantitative estimate of drug-likeness (QED) is 0.428. The van der Waals surface area contributed by atoms with E-state index < -0.39 is 0 Å². The number of hydrogen-bond acceptors (Lipinski definition) is 3. The SMILES string of the molecule is COc1ccc(N)c(S)c1.[Zn+2]. The first-order valence-electron chi connectivity index (χ1n) is 2.86. The number of hydrogen-bond donors (Lipinski definition) is 2. The molecular formula is C7H9NOSZn+2. The molecule has 0 unspecified atom stereocenters. The zero-order valence-corrected chi connectivity index (χ0v) is 10.2. The van der Waals surface area contributed by atoms with Crippen molar-refractivity contribution < 1.29 is 24.2 Å². The summed E-state index contributed by atoms with van der Waals surface area (Å²) in [5, 5.41) is 0. The topological polar surface area (TPSA) is 35.2 Å². The molecule has 0 radical (unpaired) electrons. The summed E-state index contributed by atoms with van der Waals surface area (Å²) >= 11 is 4.12. The van der Waals surface area contributed by atoms with Crippen LogP contribution in [0.1, 0.15) is 0 Å². The maximum atomic E-state index is 5.51. The van der Waals surface area contributed by atoms with Gasteiger partial charge in [0.2, 0.25) is 0 Å². The van der Waals surface area contributed by atoms with Gasteiger partial charge >= 0.3 is 19.5 Å². The smallest absolute Gasteiger partial charge is 0.497 e. The summed E-state index contributed by atoms with van der Waals surface area (Å²) in [7, 11) is 1.61. The van der Waals surface area contributed by atoms with Crippen molar-refractivity contribution in [2.75, 3.05) is 12.8 Å². The minimum Gasteiger partial charge on any atom is -0.497 e. The molecule has 0 aliphatic heterocycles. The summed E-state index contributed by atoms with van der Waals surface area (Å²) in [4.78, 5) is 0.749. The van der Waals surface area contributed by atoms with E-state index in [0.29, 0.717) is 5.69 Å². The molecule has 0 saturated carbocycles. The van der Waals surface area contributed by atoms with E-state index in [1.165, 1.54) is 0 Å². The first-order chi connectivity index (χ1) is 4.74. The Morgan fingerprint density at radius 1 is 1.45 bits per heavy atom. The van der Waals surface area contributed by atoms with E-state index in [-0.39, 0.29) is 19.5 Å². The van der Waals surface area contributed by atoms with Gasteiger partial charge in [0.05, 0.1) is 7.11 Å². The number of thiol groups is 1. The fraction of sp³-hybridized carbons (Fsp3) is 0.143. The minimum absolute atomic E-state index is 0. The second-order valence-corrected chi connectivity index (χ2v) is 2.41. The number of methoxy groups -OCH3 is 1. The summed E-state index contributed by atoms with van der Waals surface area (Å²) in [5.41, 5.74) is 6.18. The van der Waals surface area contributed by atoms with Crippen molar-refractivity contribution in [3.63, 3.8) is 0 Å². The Labute approximate surface area is 84.3 Å². The fourth-order valence-corrected chi connectivity index (χ4v) is 0.852. The van der Waals surface area contributed by atoms with Gasteiger partial charge in [-0.25, -0.2) is 0 Å². The van der Waals surface area contributed by atoms with Crippen LogP contribution in [0.5, 0.6) is 5.75 Å². The molecule has 0 saturated heterocycles. The molecule has 0 heterocycles. The van der Waals surface area contributed by atoms with Crippen LogP contribution >= 0.6 is 12.6 Å². The third-order valence-electron chi connectivity index (χ3n) is 1.24. The van der Waals surface area contributed by atoms with Gasteiger partial charge in [-0.2, -0.15) is 0 Å². The van der Waals surface area contributed by atoms with Crippen LogP contribution in [-0.4, -0.2) is 7.11 Å². The van der Waals surface area contributed by atoms with Crippen molar-refractivity contribution >= 4 is 18.3 Å². The number of nitrogens with two attached hydrogens (primary N) is 1. The number of nitrogen functional groups attached to an aromatic ring is 1. The maximum Gasteiger partial charge on any atom is 2.00 e. The summed E-state index contributed by atoms with van der Waals surface area (Å²) in [6.07, 6.45) is 0. The first kappa shape index (κ1) is 10.8. The normalized spacial score (nSPS) is 8.55. The third-order valence-corrected chi connectivity index (χ3v) is 1.62. The number of rotatable bonds is 1. The van der Waals surface area contributed by atoms with Gasteiger partial charge in [0.15, 0.2) is 0 Å². The molecule has 0 aliphatic rings. The number of anilines is 1. The largest absolute Gasteiger partial charge is 2.00 e. The second kappa shape index (κ2) is 4.63. The Bertz CT molecular complexity index is 242. The molecule has 0 aliphatic carbocycles. The van der Waals surface area contributed by atoms with Gasteiger partial charge in [-0.15, -0.1) is 12.6 Å². The van der Waals surface area contributed by atoms with E-state index in [2.05, 4.69) is 12.6 Å². The molecule has 54 valence electrons. The van der Waals surface area contributed by atoms with Crippen LogP contribution in [0.3, 0.4) is 0 Å². The van der Waals surface area contributed by atoms with Gasteiger partial charge in [0, 0.05) is 10.6 Å². The van der Waals surface area contributed by atoms with Crippen LogP contribution < -0.4 is 10.5 Å². The molecule has 0 bridgehead atoms. The monoisotopic (exact) mass is 219 g/mol. The van der Waals surface area contributed by atoms with Crippen LogP contribution in [0.15, 0.2) is 23.1 Å². The van der Waals surface area contributed by atoms with Crippen molar-refractivity contribution in [2.24, 2.45) is 0 Å². The van der Waals surface area contributed by atoms with Gasteiger partial charge in [0.25, 0.3) is 0 Å². The third kappa shape index (κ3) is 2.72. The Hall–Kier alpha value is -0.207. The Morgan fingerprint density at radius 2 is 2.09 bits per heavy atom. The van der Waals surface area contributed by atoms with Crippen molar-refractivity contribution in [2.45, 2.75) is 4.90 Å². The average Bonchev–Trinajstić information content (AvgIpc) is 1.95. The van der Waals surface area contributed by atoms with E-state index in [0.717, 1.165) is 10.6 Å².